The van der Waals surface area contributed by atoms with Crippen molar-refractivity contribution in [3.63, 3.8) is 0 Å². The third-order valence-corrected chi connectivity index (χ3v) is 6.90. The Morgan fingerprint density at radius 2 is 2.03 bits per heavy atom. The van der Waals surface area contributed by atoms with E-state index in [2.05, 4.69) is 27.0 Å². The van der Waals surface area contributed by atoms with Crippen LogP contribution in [0.1, 0.15) is 24.5 Å². The van der Waals surface area contributed by atoms with Crippen LogP contribution in [0.15, 0.2) is 36.5 Å². The van der Waals surface area contributed by atoms with Crippen molar-refractivity contribution in [2.75, 3.05) is 19.6 Å². The number of carbonyl (C=O) groups excluding carboxylic acids is 1. The van der Waals surface area contributed by atoms with Crippen LogP contribution in [0.25, 0.3) is 10.3 Å². The summed E-state index contributed by atoms with van der Waals surface area (Å²) in [6.45, 7) is 6.66. The summed E-state index contributed by atoms with van der Waals surface area (Å²) < 4.78 is 5.95. The molecule has 2 aromatic heterocycles. The van der Waals surface area contributed by atoms with E-state index in [4.69, 9.17) is 4.74 Å². The molecule has 1 amide bonds. The molecule has 5 rings (SSSR count). The Morgan fingerprint density at radius 3 is 2.72 bits per heavy atom. The second kappa shape index (κ2) is 7.39. The van der Waals surface area contributed by atoms with Gasteiger partial charge in [-0.25, -0.2) is 9.97 Å². The van der Waals surface area contributed by atoms with E-state index in [1.807, 2.05) is 30.0 Å². The van der Waals surface area contributed by atoms with Crippen molar-refractivity contribution in [2.45, 2.75) is 38.8 Å². The van der Waals surface area contributed by atoms with Crippen molar-refractivity contribution in [3.05, 3.63) is 47.7 Å². The summed E-state index contributed by atoms with van der Waals surface area (Å²) in [5.74, 6) is 1.01. The first kappa shape index (κ1) is 18.5. The number of ether oxygens (including phenoxy) is 1. The predicted octanol–water partition coefficient (Wildman–Crippen LogP) is 3.64. The highest BCUT2D eigenvalue weighted by molar-refractivity contribution is 7.19. The molecule has 29 heavy (non-hydrogen) atoms. The summed E-state index contributed by atoms with van der Waals surface area (Å²) >= 11 is 1.47. The monoisotopic (exact) mass is 408 g/mol. The predicted molar refractivity (Wildman–Crippen MR) is 114 cm³/mol. The maximum Gasteiger partial charge on any atom is 0.281 e. The van der Waals surface area contributed by atoms with Gasteiger partial charge in [0, 0.05) is 44.8 Å². The molecule has 0 radical (unpaired) electrons. The number of pyridine rings is 1. The van der Waals surface area contributed by atoms with Gasteiger partial charge in [-0.05, 0) is 49.1 Å². The molecule has 3 aromatic rings. The van der Waals surface area contributed by atoms with Crippen LogP contribution < -0.4 is 4.74 Å². The number of benzene rings is 1. The van der Waals surface area contributed by atoms with Crippen LogP contribution in [0.2, 0.25) is 0 Å². The Kier molecular flexibility index (Phi) is 4.72. The summed E-state index contributed by atoms with van der Waals surface area (Å²) in [4.78, 5) is 26.0. The minimum atomic E-state index is 0.215. The third-order valence-electron chi connectivity index (χ3n) is 6.05. The van der Waals surface area contributed by atoms with Gasteiger partial charge in [0.2, 0.25) is 5.91 Å². The zero-order valence-electron chi connectivity index (χ0n) is 16.7. The highest BCUT2D eigenvalue weighted by Gasteiger charge is 2.43. The maximum atomic E-state index is 11.6. The molecule has 2 fully saturated rings. The largest absolute Gasteiger partial charge is 0.431 e. The van der Waals surface area contributed by atoms with Gasteiger partial charge in [-0.2, -0.15) is 0 Å². The van der Waals surface area contributed by atoms with E-state index < -0.39 is 0 Å². The van der Waals surface area contributed by atoms with Crippen LogP contribution in [0, 0.1) is 6.92 Å². The molecular weight excluding hydrogens is 384 g/mol. The first-order chi connectivity index (χ1) is 14.1. The third kappa shape index (κ3) is 3.60. The highest BCUT2D eigenvalue weighted by atomic mass is 32.1. The molecule has 2 saturated heterocycles. The first-order valence-electron chi connectivity index (χ1n) is 10.1. The van der Waals surface area contributed by atoms with Gasteiger partial charge in [0.05, 0.1) is 0 Å². The van der Waals surface area contributed by atoms with E-state index in [0.717, 1.165) is 54.1 Å². The smallest absolute Gasteiger partial charge is 0.281 e. The fourth-order valence-corrected chi connectivity index (χ4v) is 5.34. The molecule has 2 bridgehead atoms. The van der Waals surface area contributed by atoms with Crippen LogP contribution in [0.4, 0.5) is 0 Å². The SMILES string of the molecule is CC(=O)N1C[C@@H]2C[C@H]1CN2CCc1ccc(Oc2nc3c(C)ccnc3s2)cc1. The molecule has 7 heteroatoms. The van der Waals surface area contributed by atoms with Gasteiger partial charge < -0.3 is 9.64 Å². The quantitative estimate of drug-likeness (QED) is 0.645. The number of piperazine rings is 1. The molecule has 0 saturated carbocycles. The Bertz CT molecular complexity index is 1050. The Balaban J connectivity index is 1.18. The zero-order chi connectivity index (χ0) is 20.0. The first-order valence-corrected chi connectivity index (χ1v) is 10.9. The lowest BCUT2D eigenvalue weighted by atomic mass is 10.1. The summed E-state index contributed by atoms with van der Waals surface area (Å²) in [6, 6.07) is 11.2. The van der Waals surface area contributed by atoms with E-state index in [1.54, 1.807) is 13.1 Å². The topological polar surface area (TPSA) is 58.6 Å². The molecule has 0 unspecified atom stereocenters. The second-order valence-corrected chi connectivity index (χ2v) is 8.91. The Morgan fingerprint density at radius 1 is 1.21 bits per heavy atom. The summed E-state index contributed by atoms with van der Waals surface area (Å²) in [7, 11) is 0. The van der Waals surface area contributed by atoms with Gasteiger partial charge in [0.1, 0.15) is 16.1 Å². The molecule has 0 N–H and O–H groups in total. The molecule has 1 aromatic carbocycles. The number of hydrogen-bond donors (Lipinski definition) is 0. The lowest BCUT2D eigenvalue weighted by Crippen LogP contribution is -2.48. The van der Waals surface area contributed by atoms with Gasteiger partial charge >= 0.3 is 0 Å². The van der Waals surface area contributed by atoms with Gasteiger partial charge in [0.25, 0.3) is 5.19 Å². The molecule has 4 heterocycles. The standard InChI is InChI=1S/C22H24N4O2S/c1-14-7-9-23-21-20(14)24-22(29-21)28-19-5-3-16(4-6-19)8-10-25-12-18-11-17(25)13-26(18)15(2)27/h3-7,9,17-18H,8,10-13H2,1-2H3/t17-,18-/m0/s1. The van der Waals surface area contributed by atoms with E-state index >= 15 is 0 Å². The van der Waals surface area contributed by atoms with E-state index in [9.17, 15) is 4.79 Å². The van der Waals surface area contributed by atoms with E-state index in [-0.39, 0.29) is 5.91 Å². The number of aromatic nitrogens is 2. The number of amides is 1. The van der Waals surface area contributed by atoms with Gasteiger partial charge in [-0.3, -0.25) is 9.69 Å². The number of hydrogen-bond acceptors (Lipinski definition) is 6. The summed E-state index contributed by atoms with van der Waals surface area (Å²) in [6.07, 6.45) is 3.94. The van der Waals surface area contributed by atoms with Crippen LogP contribution in [-0.4, -0.2) is 57.4 Å². The van der Waals surface area contributed by atoms with E-state index in [0.29, 0.717) is 17.3 Å². The molecule has 0 spiro atoms. The van der Waals surface area contributed by atoms with Crippen molar-refractivity contribution >= 4 is 27.6 Å². The van der Waals surface area contributed by atoms with Crippen LogP contribution in [-0.2, 0) is 11.2 Å². The minimum Gasteiger partial charge on any atom is -0.431 e. The van der Waals surface area contributed by atoms with Crippen LogP contribution in [0.3, 0.4) is 0 Å². The van der Waals surface area contributed by atoms with Gasteiger partial charge in [-0.15, -0.1) is 0 Å². The minimum absolute atomic E-state index is 0.215. The van der Waals surface area contributed by atoms with Crippen molar-refractivity contribution in [3.8, 4) is 10.9 Å². The fourth-order valence-electron chi connectivity index (χ4n) is 4.48. The second-order valence-electron chi connectivity index (χ2n) is 7.97. The maximum absolute atomic E-state index is 11.6. The molecule has 0 aliphatic carbocycles. The number of aryl methyl sites for hydroxylation is 1. The Hall–Kier alpha value is -2.51. The molecule has 2 atom stereocenters. The number of carbonyl (C=O) groups is 1. The molecule has 2 aliphatic heterocycles. The zero-order valence-corrected chi connectivity index (χ0v) is 17.5. The average Bonchev–Trinajstić information content (AvgIpc) is 3.41. The number of fused-ring (bicyclic) bond motifs is 3. The number of thiazole rings is 1. The summed E-state index contributed by atoms with van der Waals surface area (Å²) in [5.41, 5.74) is 3.32. The lowest BCUT2D eigenvalue weighted by molar-refractivity contribution is -0.131. The Labute approximate surface area is 174 Å². The van der Waals surface area contributed by atoms with Crippen molar-refractivity contribution in [1.82, 2.24) is 19.8 Å². The van der Waals surface area contributed by atoms with Crippen molar-refractivity contribution in [2.24, 2.45) is 0 Å². The van der Waals surface area contributed by atoms with Crippen LogP contribution >= 0.6 is 11.3 Å². The lowest BCUT2D eigenvalue weighted by Gasteiger charge is -2.33. The van der Waals surface area contributed by atoms with Crippen molar-refractivity contribution in [1.29, 1.82) is 0 Å². The summed E-state index contributed by atoms with van der Waals surface area (Å²) in [5, 5.41) is 0.623. The number of likely N-dealkylation sites (tertiary alicyclic amines) is 2. The molecule has 2 aliphatic rings. The molecule has 6 nitrogen and oxygen atoms in total. The molecular formula is C22H24N4O2S. The number of nitrogens with zero attached hydrogens (tertiary/aromatic N) is 4. The highest BCUT2D eigenvalue weighted by Crippen LogP contribution is 2.32. The average molecular weight is 409 g/mol. The number of rotatable bonds is 5. The van der Waals surface area contributed by atoms with Crippen LogP contribution in [0.5, 0.6) is 10.9 Å². The van der Waals surface area contributed by atoms with Gasteiger partial charge in [-0.1, -0.05) is 23.5 Å². The van der Waals surface area contributed by atoms with E-state index in [1.165, 1.54) is 16.9 Å². The normalized spacial score (nSPS) is 21.2. The van der Waals surface area contributed by atoms with Crippen molar-refractivity contribution < 1.29 is 9.53 Å². The fraction of sp³-hybridized carbons (Fsp3) is 0.409. The van der Waals surface area contributed by atoms with Gasteiger partial charge in [0.15, 0.2) is 0 Å². The molecule has 150 valence electrons.